The van der Waals surface area contributed by atoms with Gasteiger partial charge in [0.25, 0.3) is 0 Å². The minimum absolute atomic E-state index is 0.0464. The van der Waals surface area contributed by atoms with Crippen LogP contribution in [-0.2, 0) is 19.1 Å². The van der Waals surface area contributed by atoms with Gasteiger partial charge in [-0.05, 0) is 29.7 Å². The molecule has 0 radical (unpaired) electrons. The SMILES string of the molecule is COC(=O)/C=C(/Nc1cccc2cc(O)ccc12)C(=O)OC. The smallest absolute Gasteiger partial charge is 0.354 e. The van der Waals surface area contributed by atoms with Gasteiger partial charge in [0.1, 0.15) is 11.4 Å². The first-order valence-corrected chi connectivity index (χ1v) is 6.42. The summed E-state index contributed by atoms with van der Waals surface area (Å²) in [5, 5.41) is 13.9. The second-order valence-corrected chi connectivity index (χ2v) is 4.41. The molecule has 0 aromatic heterocycles. The second kappa shape index (κ2) is 6.62. The molecule has 0 spiro atoms. The monoisotopic (exact) mass is 301 g/mol. The Morgan fingerprint density at radius 1 is 1.14 bits per heavy atom. The molecule has 0 heterocycles. The Morgan fingerprint density at radius 2 is 1.91 bits per heavy atom. The number of esters is 2. The van der Waals surface area contributed by atoms with Crippen LogP contribution in [0, 0.1) is 0 Å². The van der Waals surface area contributed by atoms with Gasteiger partial charge in [0.05, 0.1) is 20.3 Å². The number of hydrogen-bond donors (Lipinski definition) is 2. The molecule has 0 atom stereocenters. The Hall–Kier alpha value is -3.02. The van der Waals surface area contributed by atoms with Crippen molar-refractivity contribution in [2.45, 2.75) is 0 Å². The summed E-state index contributed by atoms with van der Waals surface area (Å²) < 4.78 is 9.16. The summed E-state index contributed by atoms with van der Waals surface area (Å²) in [4.78, 5) is 23.1. The van der Waals surface area contributed by atoms with Crippen molar-refractivity contribution in [2.24, 2.45) is 0 Å². The number of ether oxygens (including phenoxy) is 2. The molecule has 6 nitrogen and oxygen atoms in total. The lowest BCUT2D eigenvalue weighted by molar-refractivity contribution is -0.138. The number of aromatic hydroxyl groups is 1. The average Bonchev–Trinajstić information content (AvgIpc) is 2.53. The van der Waals surface area contributed by atoms with Gasteiger partial charge in [-0.15, -0.1) is 0 Å². The predicted octanol–water partition coefficient (Wildman–Crippen LogP) is 2.19. The van der Waals surface area contributed by atoms with Crippen LogP contribution in [0.4, 0.5) is 5.69 Å². The van der Waals surface area contributed by atoms with E-state index >= 15 is 0 Å². The minimum Gasteiger partial charge on any atom is -0.508 e. The molecular weight excluding hydrogens is 286 g/mol. The molecule has 0 unspecified atom stereocenters. The maximum atomic E-state index is 11.8. The number of rotatable bonds is 4. The highest BCUT2D eigenvalue weighted by Gasteiger charge is 2.14. The Morgan fingerprint density at radius 3 is 2.59 bits per heavy atom. The van der Waals surface area contributed by atoms with Gasteiger partial charge in [0, 0.05) is 11.1 Å². The van der Waals surface area contributed by atoms with E-state index in [0.29, 0.717) is 5.69 Å². The number of anilines is 1. The van der Waals surface area contributed by atoms with Crippen molar-refractivity contribution >= 4 is 28.4 Å². The Labute approximate surface area is 127 Å². The number of carbonyl (C=O) groups excluding carboxylic acids is 2. The van der Waals surface area contributed by atoms with E-state index in [9.17, 15) is 14.7 Å². The first-order valence-electron chi connectivity index (χ1n) is 6.42. The third-order valence-corrected chi connectivity index (χ3v) is 3.00. The number of nitrogens with one attached hydrogen (secondary N) is 1. The molecule has 2 N–H and O–H groups in total. The van der Waals surface area contributed by atoms with Gasteiger partial charge in [0.2, 0.25) is 0 Å². The summed E-state index contributed by atoms with van der Waals surface area (Å²) in [6.07, 6.45) is 1.02. The first kappa shape index (κ1) is 15.4. The highest BCUT2D eigenvalue weighted by molar-refractivity contribution is 6.02. The molecule has 0 bridgehead atoms. The second-order valence-electron chi connectivity index (χ2n) is 4.41. The zero-order chi connectivity index (χ0) is 16.1. The topological polar surface area (TPSA) is 84.9 Å². The summed E-state index contributed by atoms with van der Waals surface area (Å²) in [5.41, 5.74) is 0.549. The van der Waals surface area contributed by atoms with E-state index in [1.807, 2.05) is 6.07 Å². The fraction of sp³-hybridized carbons (Fsp3) is 0.125. The molecule has 2 rings (SSSR count). The van der Waals surface area contributed by atoms with Gasteiger partial charge in [0.15, 0.2) is 0 Å². The Kier molecular flexibility index (Phi) is 4.63. The van der Waals surface area contributed by atoms with Gasteiger partial charge in [-0.2, -0.15) is 0 Å². The molecule has 0 amide bonds. The van der Waals surface area contributed by atoms with E-state index in [0.717, 1.165) is 16.8 Å². The van der Waals surface area contributed by atoms with Crippen LogP contribution in [-0.4, -0.2) is 31.3 Å². The van der Waals surface area contributed by atoms with Crippen molar-refractivity contribution in [3.8, 4) is 5.75 Å². The van der Waals surface area contributed by atoms with Crippen LogP contribution in [0.2, 0.25) is 0 Å². The van der Waals surface area contributed by atoms with Crippen molar-refractivity contribution in [2.75, 3.05) is 19.5 Å². The number of fused-ring (bicyclic) bond motifs is 1. The highest BCUT2D eigenvalue weighted by atomic mass is 16.5. The van der Waals surface area contributed by atoms with Crippen LogP contribution in [0.25, 0.3) is 10.8 Å². The Balaban J connectivity index is 2.44. The van der Waals surface area contributed by atoms with Crippen LogP contribution in [0.15, 0.2) is 48.2 Å². The van der Waals surface area contributed by atoms with E-state index < -0.39 is 11.9 Å². The molecule has 0 aliphatic carbocycles. The molecule has 0 aliphatic rings. The van der Waals surface area contributed by atoms with Crippen molar-refractivity contribution in [3.05, 3.63) is 48.2 Å². The first-order chi connectivity index (χ1) is 10.5. The fourth-order valence-electron chi connectivity index (χ4n) is 1.96. The van der Waals surface area contributed by atoms with Crippen LogP contribution in [0.1, 0.15) is 0 Å². The van der Waals surface area contributed by atoms with E-state index in [1.165, 1.54) is 20.3 Å². The summed E-state index contributed by atoms with van der Waals surface area (Å²) in [6, 6.07) is 10.2. The number of hydrogen-bond acceptors (Lipinski definition) is 6. The van der Waals surface area contributed by atoms with E-state index in [-0.39, 0.29) is 11.4 Å². The molecular formula is C16H15NO5. The maximum Gasteiger partial charge on any atom is 0.354 e. The van der Waals surface area contributed by atoms with Gasteiger partial charge < -0.3 is 19.9 Å². The van der Waals surface area contributed by atoms with Crippen LogP contribution in [0.5, 0.6) is 5.75 Å². The highest BCUT2D eigenvalue weighted by Crippen LogP contribution is 2.27. The van der Waals surface area contributed by atoms with E-state index in [2.05, 4.69) is 14.8 Å². The third kappa shape index (κ3) is 3.35. The van der Waals surface area contributed by atoms with Crippen LogP contribution < -0.4 is 5.32 Å². The lowest BCUT2D eigenvalue weighted by Crippen LogP contribution is -2.15. The van der Waals surface area contributed by atoms with Crippen molar-refractivity contribution in [1.82, 2.24) is 0 Å². The average molecular weight is 301 g/mol. The third-order valence-electron chi connectivity index (χ3n) is 3.00. The van der Waals surface area contributed by atoms with Crippen molar-refractivity contribution < 1.29 is 24.2 Å². The number of carbonyl (C=O) groups is 2. The number of methoxy groups -OCH3 is 2. The zero-order valence-corrected chi connectivity index (χ0v) is 12.1. The van der Waals surface area contributed by atoms with Gasteiger partial charge in [-0.1, -0.05) is 12.1 Å². The molecule has 0 aliphatic heterocycles. The van der Waals surface area contributed by atoms with Crippen molar-refractivity contribution in [1.29, 1.82) is 0 Å². The van der Waals surface area contributed by atoms with E-state index in [4.69, 9.17) is 0 Å². The molecule has 2 aromatic carbocycles. The van der Waals surface area contributed by atoms with Crippen molar-refractivity contribution in [3.63, 3.8) is 0 Å². The molecule has 22 heavy (non-hydrogen) atoms. The maximum absolute atomic E-state index is 11.8. The number of phenols is 1. The molecule has 0 saturated heterocycles. The largest absolute Gasteiger partial charge is 0.508 e. The zero-order valence-electron chi connectivity index (χ0n) is 12.1. The predicted molar refractivity (Wildman–Crippen MR) is 81.4 cm³/mol. The fourth-order valence-corrected chi connectivity index (χ4v) is 1.96. The lowest BCUT2D eigenvalue weighted by Gasteiger charge is -2.11. The molecule has 6 heteroatoms. The summed E-state index contributed by atoms with van der Waals surface area (Å²) >= 11 is 0. The molecule has 2 aromatic rings. The van der Waals surface area contributed by atoms with Gasteiger partial charge in [-0.3, -0.25) is 0 Å². The Bertz CT molecular complexity index is 751. The van der Waals surface area contributed by atoms with Crippen LogP contribution in [0.3, 0.4) is 0 Å². The quantitative estimate of drug-likeness (QED) is 0.665. The summed E-state index contributed by atoms with van der Waals surface area (Å²) in [6.45, 7) is 0. The standard InChI is InChI=1S/C16H15NO5/c1-21-15(19)9-14(16(20)22-2)17-13-5-3-4-10-8-11(18)6-7-12(10)13/h3-9,17-18H,1-2H3/b14-9+. The molecule has 0 fully saturated rings. The van der Waals surface area contributed by atoms with Gasteiger partial charge >= 0.3 is 11.9 Å². The summed E-state index contributed by atoms with van der Waals surface area (Å²) in [5.74, 6) is -1.23. The summed E-state index contributed by atoms with van der Waals surface area (Å²) in [7, 11) is 2.44. The minimum atomic E-state index is -0.693. The number of benzene rings is 2. The van der Waals surface area contributed by atoms with E-state index in [1.54, 1.807) is 24.3 Å². The molecule has 114 valence electrons. The van der Waals surface area contributed by atoms with Crippen LogP contribution >= 0.6 is 0 Å². The number of phenolic OH excluding ortho intramolecular Hbond substituents is 1. The lowest BCUT2D eigenvalue weighted by atomic mass is 10.1. The normalized spacial score (nSPS) is 11.1. The van der Waals surface area contributed by atoms with Gasteiger partial charge in [-0.25, -0.2) is 9.59 Å². The molecule has 0 saturated carbocycles.